The highest BCUT2D eigenvalue weighted by atomic mass is 79.9. The molecule has 0 saturated heterocycles. The monoisotopic (exact) mass is 307 g/mol. The molecule has 2 aliphatic rings. The normalized spacial score (nSPS) is 17.3. The number of carbonyl (C=O) groups is 2. The Kier molecular flexibility index (Phi) is 2.70. The van der Waals surface area contributed by atoms with Gasteiger partial charge in [0.1, 0.15) is 5.75 Å². The maximum atomic E-state index is 11.5. The second-order valence-electron chi connectivity index (χ2n) is 4.25. The van der Waals surface area contributed by atoms with Crippen LogP contribution in [0, 0.1) is 0 Å². The summed E-state index contributed by atoms with van der Waals surface area (Å²) in [5.41, 5.74) is 1.98. The van der Waals surface area contributed by atoms with E-state index in [9.17, 15) is 9.59 Å². The largest absolute Gasteiger partial charge is 0.493 e. The van der Waals surface area contributed by atoms with Crippen LogP contribution in [0.4, 0.5) is 0 Å². The molecule has 0 N–H and O–H groups in total. The fourth-order valence-corrected chi connectivity index (χ4v) is 2.77. The van der Waals surface area contributed by atoms with Crippen molar-refractivity contribution in [2.75, 3.05) is 6.61 Å². The van der Waals surface area contributed by atoms with Gasteiger partial charge in [-0.05, 0) is 17.7 Å². The summed E-state index contributed by atoms with van der Waals surface area (Å²) in [6.07, 6.45) is 3.45. The van der Waals surface area contributed by atoms with Gasteiger partial charge in [-0.3, -0.25) is 14.5 Å². The van der Waals surface area contributed by atoms with E-state index in [4.69, 9.17) is 4.74 Å². The van der Waals surface area contributed by atoms with Crippen LogP contribution in [-0.2, 0) is 22.6 Å². The zero-order chi connectivity index (χ0) is 12.7. The van der Waals surface area contributed by atoms with Crippen molar-refractivity contribution in [1.82, 2.24) is 4.90 Å². The van der Waals surface area contributed by atoms with Crippen molar-refractivity contribution in [2.24, 2.45) is 0 Å². The van der Waals surface area contributed by atoms with Crippen LogP contribution < -0.4 is 4.74 Å². The van der Waals surface area contributed by atoms with E-state index in [2.05, 4.69) is 15.9 Å². The molecule has 2 amide bonds. The molecule has 3 rings (SSSR count). The molecule has 0 spiro atoms. The summed E-state index contributed by atoms with van der Waals surface area (Å²) < 4.78 is 6.51. The third-order valence-electron chi connectivity index (χ3n) is 3.05. The minimum absolute atomic E-state index is 0.256. The molecule has 0 aromatic heterocycles. The number of hydrogen-bond donors (Lipinski definition) is 0. The minimum atomic E-state index is -0.272. The molecule has 0 unspecified atom stereocenters. The van der Waals surface area contributed by atoms with Gasteiger partial charge in [-0.1, -0.05) is 15.9 Å². The maximum Gasteiger partial charge on any atom is 0.253 e. The number of carbonyl (C=O) groups excluding carboxylic acids is 2. The Labute approximate surface area is 112 Å². The molecule has 1 aromatic rings. The van der Waals surface area contributed by atoms with Gasteiger partial charge in [0, 0.05) is 28.6 Å². The molecule has 5 heteroatoms. The van der Waals surface area contributed by atoms with E-state index in [1.165, 1.54) is 17.1 Å². The van der Waals surface area contributed by atoms with E-state index in [0.717, 1.165) is 27.8 Å². The highest BCUT2D eigenvalue weighted by Gasteiger charge is 2.26. The van der Waals surface area contributed by atoms with E-state index in [1.54, 1.807) is 0 Å². The molecule has 2 heterocycles. The molecule has 1 aromatic carbocycles. The van der Waals surface area contributed by atoms with Crippen LogP contribution in [0.3, 0.4) is 0 Å². The van der Waals surface area contributed by atoms with Crippen molar-refractivity contribution >= 4 is 27.7 Å². The van der Waals surface area contributed by atoms with Gasteiger partial charge in [0.15, 0.2) is 0 Å². The molecule has 0 fully saturated rings. The van der Waals surface area contributed by atoms with Gasteiger partial charge in [-0.25, -0.2) is 0 Å². The van der Waals surface area contributed by atoms with Crippen molar-refractivity contribution < 1.29 is 14.3 Å². The number of imide groups is 1. The maximum absolute atomic E-state index is 11.5. The fourth-order valence-electron chi connectivity index (χ4n) is 2.22. The van der Waals surface area contributed by atoms with Crippen LogP contribution in [0.25, 0.3) is 0 Å². The summed E-state index contributed by atoms with van der Waals surface area (Å²) in [5, 5.41) is 0. The average molecular weight is 308 g/mol. The summed E-state index contributed by atoms with van der Waals surface area (Å²) in [4.78, 5) is 24.3. The number of fused-ring (bicyclic) bond motifs is 1. The van der Waals surface area contributed by atoms with Gasteiger partial charge in [0.2, 0.25) is 0 Å². The fraction of sp³-hybridized carbons (Fsp3) is 0.231. The molecule has 0 saturated carbocycles. The van der Waals surface area contributed by atoms with Gasteiger partial charge in [0.25, 0.3) is 11.8 Å². The number of hydrogen-bond acceptors (Lipinski definition) is 3. The molecule has 0 atom stereocenters. The Bertz CT molecular complexity index is 562. The Morgan fingerprint density at radius 3 is 2.67 bits per heavy atom. The molecule has 0 radical (unpaired) electrons. The van der Waals surface area contributed by atoms with Gasteiger partial charge in [-0.2, -0.15) is 0 Å². The van der Waals surface area contributed by atoms with Crippen LogP contribution in [-0.4, -0.2) is 23.3 Å². The first-order valence-electron chi connectivity index (χ1n) is 5.63. The van der Waals surface area contributed by atoms with E-state index in [0.29, 0.717) is 6.61 Å². The number of amides is 2. The molecule has 18 heavy (non-hydrogen) atoms. The van der Waals surface area contributed by atoms with Crippen LogP contribution in [0.1, 0.15) is 11.1 Å². The minimum Gasteiger partial charge on any atom is -0.493 e. The quantitative estimate of drug-likeness (QED) is 0.783. The predicted molar refractivity (Wildman–Crippen MR) is 68.0 cm³/mol. The molecule has 4 nitrogen and oxygen atoms in total. The van der Waals surface area contributed by atoms with Gasteiger partial charge >= 0.3 is 0 Å². The van der Waals surface area contributed by atoms with Crippen molar-refractivity contribution in [3.05, 3.63) is 39.9 Å². The molecular weight excluding hydrogens is 298 g/mol. The van der Waals surface area contributed by atoms with Crippen molar-refractivity contribution in [1.29, 1.82) is 0 Å². The second kappa shape index (κ2) is 4.24. The molecular formula is C13H10BrNO3. The number of halogens is 1. The third kappa shape index (κ3) is 1.84. The molecule has 0 bridgehead atoms. The number of nitrogens with zero attached hydrogens (tertiary/aromatic N) is 1. The highest BCUT2D eigenvalue weighted by Crippen LogP contribution is 2.34. The lowest BCUT2D eigenvalue weighted by molar-refractivity contribution is -0.137. The van der Waals surface area contributed by atoms with Gasteiger partial charge < -0.3 is 4.74 Å². The lowest BCUT2D eigenvalue weighted by Crippen LogP contribution is -2.29. The summed E-state index contributed by atoms with van der Waals surface area (Å²) in [6.45, 7) is 0.908. The zero-order valence-corrected chi connectivity index (χ0v) is 11.1. The summed E-state index contributed by atoms with van der Waals surface area (Å²) >= 11 is 3.44. The molecule has 92 valence electrons. The first-order chi connectivity index (χ1) is 8.65. The topological polar surface area (TPSA) is 46.6 Å². The number of ether oxygens (including phenoxy) is 1. The van der Waals surface area contributed by atoms with Crippen molar-refractivity contribution in [2.45, 2.75) is 13.0 Å². The first kappa shape index (κ1) is 11.5. The zero-order valence-electron chi connectivity index (χ0n) is 9.48. The van der Waals surface area contributed by atoms with Crippen LogP contribution in [0.5, 0.6) is 5.75 Å². The Balaban J connectivity index is 1.94. The first-order valence-corrected chi connectivity index (χ1v) is 6.42. The Hall–Kier alpha value is -1.62. The van der Waals surface area contributed by atoms with Crippen molar-refractivity contribution in [3.63, 3.8) is 0 Å². The van der Waals surface area contributed by atoms with Crippen LogP contribution in [0.2, 0.25) is 0 Å². The SMILES string of the molecule is O=C1C=CC(=O)N1Cc1cc(Br)cc2c1OCC2. The lowest BCUT2D eigenvalue weighted by Gasteiger charge is -2.16. The predicted octanol–water partition coefficient (Wildman–Crippen LogP) is 1.81. The Morgan fingerprint density at radius 2 is 1.94 bits per heavy atom. The van der Waals surface area contributed by atoms with Crippen molar-refractivity contribution in [3.8, 4) is 5.75 Å². The summed E-state index contributed by atoms with van der Waals surface area (Å²) in [7, 11) is 0. The van der Waals surface area contributed by atoms with E-state index < -0.39 is 0 Å². The highest BCUT2D eigenvalue weighted by molar-refractivity contribution is 9.10. The van der Waals surface area contributed by atoms with Gasteiger partial charge in [0.05, 0.1) is 13.2 Å². The Morgan fingerprint density at radius 1 is 1.22 bits per heavy atom. The van der Waals surface area contributed by atoms with E-state index in [-0.39, 0.29) is 18.4 Å². The second-order valence-corrected chi connectivity index (χ2v) is 5.16. The van der Waals surface area contributed by atoms with E-state index in [1.807, 2.05) is 12.1 Å². The molecule has 0 aliphatic carbocycles. The third-order valence-corrected chi connectivity index (χ3v) is 3.51. The van der Waals surface area contributed by atoms with Crippen LogP contribution >= 0.6 is 15.9 Å². The average Bonchev–Trinajstić information content (AvgIpc) is 2.90. The lowest BCUT2D eigenvalue weighted by atomic mass is 10.1. The smallest absolute Gasteiger partial charge is 0.253 e. The number of rotatable bonds is 2. The molecule has 2 aliphatic heterocycles. The van der Waals surface area contributed by atoms with Crippen LogP contribution in [0.15, 0.2) is 28.8 Å². The summed E-state index contributed by atoms with van der Waals surface area (Å²) in [5.74, 6) is 0.268. The standard InChI is InChI=1S/C13H10BrNO3/c14-10-5-8-3-4-18-13(8)9(6-10)7-15-11(16)1-2-12(15)17/h1-2,5-6H,3-4,7H2. The summed E-state index contributed by atoms with van der Waals surface area (Å²) in [6, 6.07) is 3.90. The van der Waals surface area contributed by atoms with E-state index >= 15 is 0 Å². The van der Waals surface area contributed by atoms with Gasteiger partial charge in [-0.15, -0.1) is 0 Å². The number of benzene rings is 1.